The van der Waals surface area contributed by atoms with Gasteiger partial charge in [0.05, 0.1) is 17.6 Å². The van der Waals surface area contributed by atoms with Crippen LogP contribution in [0.1, 0.15) is 48.0 Å². The van der Waals surface area contributed by atoms with Gasteiger partial charge in [0.1, 0.15) is 5.00 Å². The maximum atomic E-state index is 12.6. The van der Waals surface area contributed by atoms with Crippen LogP contribution in [-0.2, 0) is 22.4 Å². The molecule has 1 aromatic carbocycles. The fourth-order valence-corrected chi connectivity index (χ4v) is 5.47. The van der Waals surface area contributed by atoms with Crippen molar-refractivity contribution in [1.82, 2.24) is 0 Å². The summed E-state index contributed by atoms with van der Waals surface area (Å²) in [6, 6.07) is 4.32. The van der Waals surface area contributed by atoms with E-state index in [9.17, 15) is 19.7 Å². The van der Waals surface area contributed by atoms with Crippen LogP contribution < -0.4 is 10.1 Å². The summed E-state index contributed by atoms with van der Waals surface area (Å²) in [5.74, 6) is -0.543. The average Bonchev–Trinajstić information content (AvgIpc) is 3.08. The number of hydrogen-bond acceptors (Lipinski definition) is 7. The second kappa shape index (κ2) is 9.58. The second-order valence-electron chi connectivity index (χ2n) is 8.71. The number of nitro benzene ring substituents is 1. The summed E-state index contributed by atoms with van der Waals surface area (Å²) in [6.07, 6.45) is 2.54. The van der Waals surface area contributed by atoms with Crippen LogP contribution in [0, 0.1) is 21.4 Å². The smallest absolute Gasteiger partial charge is 0.341 e. The normalized spacial score (nSPS) is 15.6. The predicted molar refractivity (Wildman–Crippen MR) is 126 cm³/mol. The molecule has 0 radical (unpaired) electrons. The quantitative estimate of drug-likeness (QED) is 0.309. The first-order valence-electron chi connectivity index (χ1n) is 10.1. The molecule has 1 atom stereocenters. The first-order chi connectivity index (χ1) is 15.0. The third kappa shape index (κ3) is 5.29. The molecule has 8 nitrogen and oxygen atoms in total. The van der Waals surface area contributed by atoms with Crippen molar-refractivity contribution in [2.24, 2.45) is 11.3 Å². The van der Waals surface area contributed by atoms with Crippen molar-refractivity contribution < 1.29 is 24.0 Å². The van der Waals surface area contributed by atoms with E-state index in [4.69, 9.17) is 9.47 Å². The Hall–Kier alpha value is -2.46. The van der Waals surface area contributed by atoms with Crippen LogP contribution in [0.15, 0.2) is 22.7 Å². The van der Waals surface area contributed by atoms with Gasteiger partial charge in [0.15, 0.2) is 12.4 Å². The monoisotopic (exact) mass is 524 g/mol. The minimum absolute atomic E-state index is 0.0139. The van der Waals surface area contributed by atoms with Crippen LogP contribution in [0.5, 0.6) is 5.75 Å². The van der Waals surface area contributed by atoms with Crippen molar-refractivity contribution in [3.8, 4) is 5.75 Å². The van der Waals surface area contributed by atoms with Gasteiger partial charge >= 0.3 is 11.7 Å². The molecule has 1 heterocycles. The predicted octanol–water partition coefficient (Wildman–Crippen LogP) is 5.37. The van der Waals surface area contributed by atoms with Crippen molar-refractivity contribution in [3.63, 3.8) is 0 Å². The van der Waals surface area contributed by atoms with Crippen molar-refractivity contribution in [2.45, 2.75) is 40.0 Å². The van der Waals surface area contributed by atoms with Crippen LogP contribution in [0.25, 0.3) is 0 Å². The lowest BCUT2D eigenvalue weighted by molar-refractivity contribution is -0.385. The number of anilines is 1. The van der Waals surface area contributed by atoms with Crippen molar-refractivity contribution in [2.75, 3.05) is 19.0 Å². The fourth-order valence-electron chi connectivity index (χ4n) is 3.79. The Bertz CT molecular complexity index is 1060. The van der Waals surface area contributed by atoms with E-state index < -0.39 is 23.4 Å². The molecule has 0 saturated heterocycles. The zero-order chi connectivity index (χ0) is 23.6. The van der Waals surface area contributed by atoms with E-state index in [2.05, 4.69) is 42.0 Å². The summed E-state index contributed by atoms with van der Waals surface area (Å²) in [5, 5.41) is 14.4. The fraction of sp³-hybridized carbons (Fsp3) is 0.455. The molecule has 2 aromatic rings. The molecule has 0 spiro atoms. The van der Waals surface area contributed by atoms with Gasteiger partial charge in [-0.2, -0.15) is 0 Å². The minimum atomic E-state index is -0.577. The number of carbonyl (C=O) groups is 2. The van der Waals surface area contributed by atoms with E-state index in [0.717, 1.165) is 29.7 Å². The van der Waals surface area contributed by atoms with Gasteiger partial charge in [-0.1, -0.05) is 36.7 Å². The third-order valence-electron chi connectivity index (χ3n) is 5.61. The van der Waals surface area contributed by atoms with Crippen LogP contribution >= 0.6 is 27.3 Å². The van der Waals surface area contributed by atoms with Gasteiger partial charge in [0.2, 0.25) is 0 Å². The summed E-state index contributed by atoms with van der Waals surface area (Å²) in [7, 11) is 1.31. The zero-order valence-corrected chi connectivity index (χ0v) is 20.7. The van der Waals surface area contributed by atoms with Crippen molar-refractivity contribution in [1.29, 1.82) is 0 Å². The minimum Gasteiger partial charge on any atom is -0.477 e. The van der Waals surface area contributed by atoms with Crippen LogP contribution in [0.2, 0.25) is 0 Å². The van der Waals surface area contributed by atoms with E-state index in [0.29, 0.717) is 21.0 Å². The Morgan fingerprint density at radius 2 is 2.06 bits per heavy atom. The van der Waals surface area contributed by atoms with Crippen molar-refractivity contribution in [3.05, 3.63) is 48.8 Å². The zero-order valence-electron chi connectivity index (χ0n) is 18.3. The number of fused-ring (bicyclic) bond motifs is 1. The topological polar surface area (TPSA) is 108 Å². The lowest BCUT2D eigenvalue weighted by Gasteiger charge is -2.33. The highest BCUT2D eigenvalue weighted by atomic mass is 79.9. The highest BCUT2D eigenvalue weighted by Crippen LogP contribution is 2.44. The molecule has 1 aromatic heterocycles. The lowest BCUT2D eigenvalue weighted by Crippen LogP contribution is -2.26. The molecule has 10 heteroatoms. The highest BCUT2D eigenvalue weighted by Gasteiger charge is 2.34. The number of rotatable bonds is 6. The van der Waals surface area contributed by atoms with E-state index in [-0.39, 0.29) is 16.9 Å². The molecule has 1 amide bonds. The number of nitrogens with zero attached hydrogens (tertiary/aromatic N) is 1. The Morgan fingerprint density at radius 3 is 2.69 bits per heavy atom. The van der Waals surface area contributed by atoms with E-state index in [1.165, 1.54) is 30.6 Å². The molecule has 0 fully saturated rings. The molecule has 1 N–H and O–H groups in total. The molecule has 0 bridgehead atoms. The molecule has 0 saturated carbocycles. The Morgan fingerprint density at radius 1 is 1.34 bits per heavy atom. The number of esters is 1. The number of nitrogens with one attached hydrogen (secondary N) is 1. The molecule has 3 rings (SSSR count). The second-order valence-corrected chi connectivity index (χ2v) is 10.7. The summed E-state index contributed by atoms with van der Waals surface area (Å²) in [6.45, 7) is 6.19. The lowest BCUT2D eigenvalue weighted by atomic mass is 9.72. The number of hydrogen-bond donors (Lipinski definition) is 1. The van der Waals surface area contributed by atoms with Gasteiger partial charge in [0, 0.05) is 15.4 Å². The van der Waals surface area contributed by atoms with Gasteiger partial charge in [-0.3, -0.25) is 14.9 Å². The highest BCUT2D eigenvalue weighted by molar-refractivity contribution is 9.10. The number of methoxy groups -OCH3 is 1. The molecule has 1 aliphatic rings. The first kappa shape index (κ1) is 24.2. The maximum absolute atomic E-state index is 12.6. The van der Waals surface area contributed by atoms with E-state index in [1.54, 1.807) is 6.07 Å². The van der Waals surface area contributed by atoms with Gasteiger partial charge < -0.3 is 14.8 Å². The Balaban J connectivity index is 1.79. The molecular formula is C22H25BrN2O6S. The van der Waals surface area contributed by atoms with E-state index >= 15 is 0 Å². The Kier molecular flexibility index (Phi) is 7.24. The molecule has 0 unspecified atom stereocenters. The number of thiophene rings is 1. The molecule has 172 valence electrons. The number of nitro groups is 1. The number of carbonyl (C=O) groups excluding carboxylic acids is 2. The van der Waals surface area contributed by atoms with Crippen LogP contribution in [-0.4, -0.2) is 30.5 Å². The summed E-state index contributed by atoms with van der Waals surface area (Å²) in [5.41, 5.74) is 1.22. The van der Waals surface area contributed by atoms with Gasteiger partial charge in [-0.25, -0.2) is 4.79 Å². The van der Waals surface area contributed by atoms with Crippen LogP contribution in [0.4, 0.5) is 10.7 Å². The molecule has 32 heavy (non-hydrogen) atoms. The molecule has 0 aliphatic heterocycles. The standard InChI is InChI=1S/C22H25BrN2O6S/c1-22(2,3)12-5-7-14-17(9-12)32-20(19(14)21(27)30-4)24-18(26)11-31-16-8-6-13(23)10-15(16)25(28)29/h6,8,10,12H,5,7,9,11H2,1-4H3,(H,24,26)/t12-/m1/s1. The summed E-state index contributed by atoms with van der Waals surface area (Å²) in [4.78, 5) is 36.8. The largest absolute Gasteiger partial charge is 0.477 e. The average molecular weight is 525 g/mol. The number of benzene rings is 1. The summed E-state index contributed by atoms with van der Waals surface area (Å²) < 4.78 is 10.9. The molecule has 1 aliphatic carbocycles. The van der Waals surface area contributed by atoms with Gasteiger partial charge in [-0.15, -0.1) is 11.3 Å². The van der Waals surface area contributed by atoms with E-state index in [1.807, 2.05) is 0 Å². The SMILES string of the molecule is COC(=O)c1c(NC(=O)COc2ccc(Br)cc2[N+](=O)[O-])sc2c1CC[C@@H](C(C)(C)C)C2. The van der Waals surface area contributed by atoms with Crippen LogP contribution in [0.3, 0.4) is 0 Å². The van der Waals surface area contributed by atoms with Gasteiger partial charge in [0.25, 0.3) is 5.91 Å². The number of amides is 1. The number of halogens is 1. The first-order valence-corrected chi connectivity index (χ1v) is 11.7. The third-order valence-corrected chi connectivity index (χ3v) is 7.27. The van der Waals surface area contributed by atoms with Crippen molar-refractivity contribution >= 4 is 49.8 Å². The summed E-state index contributed by atoms with van der Waals surface area (Å²) >= 11 is 4.56. The Labute approximate surface area is 198 Å². The maximum Gasteiger partial charge on any atom is 0.341 e. The number of ether oxygens (including phenoxy) is 2. The molecular weight excluding hydrogens is 500 g/mol. The van der Waals surface area contributed by atoms with Gasteiger partial charge in [-0.05, 0) is 48.3 Å².